The Kier molecular flexibility index (Phi) is 10.1. The average molecular weight is 521 g/mol. The van der Waals surface area contributed by atoms with Crippen molar-refractivity contribution in [3.8, 4) is 0 Å². The molecule has 0 fully saturated rings. The zero-order chi connectivity index (χ0) is 27.9. The molecule has 1 heterocycles. The zero-order valence-corrected chi connectivity index (χ0v) is 23.7. The van der Waals surface area contributed by atoms with Crippen LogP contribution in [0.25, 0.3) is 11.3 Å². The van der Waals surface area contributed by atoms with Crippen molar-refractivity contribution in [3.63, 3.8) is 0 Å². The molecule has 0 saturated carbocycles. The molecule has 0 bridgehead atoms. The first-order valence-electron chi connectivity index (χ1n) is 13.7. The third kappa shape index (κ3) is 6.83. The number of hydrogen-bond donors (Lipinski definition) is 4. The predicted octanol–water partition coefficient (Wildman–Crippen LogP) is 4.87. The number of carbonyl (C=O) groups is 2. The van der Waals surface area contributed by atoms with Gasteiger partial charge in [-0.1, -0.05) is 77.1 Å². The summed E-state index contributed by atoms with van der Waals surface area (Å²) >= 11 is 0. The van der Waals surface area contributed by atoms with Crippen LogP contribution in [0.5, 0.6) is 0 Å². The Hall–Kier alpha value is -3.16. The third-order valence-electron chi connectivity index (χ3n) is 7.49. The van der Waals surface area contributed by atoms with Gasteiger partial charge in [-0.25, -0.2) is 5.43 Å². The maximum atomic E-state index is 13.7. The number of amides is 2. The standard InChI is InChI=1S/C31H44N4O3/c1-7-26(21(2)3)33-34-29-22(4)24-13-9-8-12-23(24)20-35(27-15-11-10-14-25(27)29)28(37)16-18-32-30(38)31(5,6)17-19-36/h8-15,21,26,33-34,36H,7,16-20H2,1-6H3,(H,32,38)/b29-22+. The lowest BCUT2D eigenvalue weighted by Crippen LogP contribution is -2.43. The van der Waals surface area contributed by atoms with Gasteiger partial charge in [0, 0.05) is 36.6 Å². The Morgan fingerprint density at radius 2 is 1.71 bits per heavy atom. The number of nitrogens with zero attached hydrogens (tertiary/aromatic N) is 1. The largest absolute Gasteiger partial charge is 0.396 e. The Labute approximate surface area is 227 Å². The van der Waals surface area contributed by atoms with Gasteiger partial charge in [0.2, 0.25) is 11.8 Å². The van der Waals surface area contributed by atoms with Crippen LogP contribution in [0.15, 0.2) is 48.5 Å². The van der Waals surface area contributed by atoms with Gasteiger partial charge in [0.25, 0.3) is 0 Å². The van der Waals surface area contributed by atoms with Crippen LogP contribution >= 0.6 is 0 Å². The molecular weight excluding hydrogens is 476 g/mol. The van der Waals surface area contributed by atoms with Gasteiger partial charge in [0.15, 0.2) is 0 Å². The van der Waals surface area contributed by atoms with Gasteiger partial charge in [0.05, 0.1) is 17.9 Å². The third-order valence-corrected chi connectivity index (χ3v) is 7.49. The van der Waals surface area contributed by atoms with Crippen molar-refractivity contribution in [2.45, 2.75) is 73.4 Å². The second-order valence-electron chi connectivity index (χ2n) is 11.0. The molecule has 2 aromatic carbocycles. The number of anilines is 1. The number of fused-ring (bicyclic) bond motifs is 2. The van der Waals surface area contributed by atoms with Gasteiger partial charge < -0.3 is 20.7 Å². The summed E-state index contributed by atoms with van der Waals surface area (Å²) in [6.45, 7) is 12.9. The van der Waals surface area contributed by atoms with Crippen molar-refractivity contribution in [1.82, 2.24) is 16.2 Å². The normalized spacial score (nSPS) is 16.3. The summed E-state index contributed by atoms with van der Waals surface area (Å²) in [5.41, 5.74) is 12.4. The Bertz CT molecular complexity index is 1160. The highest BCUT2D eigenvalue weighted by molar-refractivity contribution is 6.01. The molecule has 0 saturated heterocycles. The minimum atomic E-state index is -0.688. The van der Waals surface area contributed by atoms with E-state index in [1.165, 1.54) is 0 Å². The molecule has 206 valence electrons. The first kappa shape index (κ1) is 29.4. The molecule has 0 spiro atoms. The average Bonchev–Trinajstić information content (AvgIpc) is 2.88. The molecule has 0 radical (unpaired) electrons. The van der Waals surface area contributed by atoms with Crippen LogP contribution in [0, 0.1) is 11.3 Å². The summed E-state index contributed by atoms with van der Waals surface area (Å²) in [6, 6.07) is 16.5. The van der Waals surface area contributed by atoms with Crippen molar-refractivity contribution in [3.05, 3.63) is 65.2 Å². The van der Waals surface area contributed by atoms with Gasteiger partial charge in [-0.2, -0.15) is 0 Å². The topological polar surface area (TPSA) is 93.7 Å². The van der Waals surface area contributed by atoms with Crippen molar-refractivity contribution in [2.75, 3.05) is 18.1 Å². The molecular formula is C31H44N4O3. The second kappa shape index (κ2) is 13.1. The van der Waals surface area contributed by atoms with Crippen molar-refractivity contribution in [1.29, 1.82) is 0 Å². The molecule has 38 heavy (non-hydrogen) atoms. The Balaban J connectivity index is 1.94. The van der Waals surface area contributed by atoms with E-state index in [1.807, 2.05) is 41.3 Å². The summed E-state index contributed by atoms with van der Waals surface area (Å²) in [6.07, 6.45) is 1.53. The maximum Gasteiger partial charge on any atom is 0.229 e. The molecule has 0 aliphatic carbocycles. The van der Waals surface area contributed by atoms with E-state index >= 15 is 0 Å². The van der Waals surface area contributed by atoms with E-state index in [2.05, 4.69) is 56.0 Å². The summed E-state index contributed by atoms with van der Waals surface area (Å²) in [7, 11) is 0. The number of hydrazine groups is 1. The number of para-hydroxylation sites is 1. The minimum absolute atomic E-state index is 0.0579. The number of carbonyl (C=O) groups excluding carboxylic acids is 2. The van der Waals surface area contributed by atoms with E-state index in [9.17, 15) is 14.7 Å². The van der Waals surface area contributed by atoms with Gasteiger partial charge in [-0.15, -0.1) is 0 Å². The molecule has 1 aliphatic heterocycles. The van der Waals surface area contributed by atoms with E-state index in [1.54, 1.807) is 13.8 Å². The van der Waals surface area contributed by atoms with E-state index in [0.29, 0.717) is 24.9 Å². The number of allylic oxidation sites excluding steroid dienone is 1. The molecule has 1 aliphatic rings. The molecule has 7 heteroatoms. The van der Waals surface area contributed by atoms with E-state index in [4.69, 9.17) is 0 Å². The number of rotatable bonds is 11. The fourth-order valence-corrected chi connectivity index (χ4v) is 4.88. The van der Waals surface area contributed by atoms with Crippen molar-refractivity contribution < 1.29 is 14.7 Å². The molecule has 4 N–H and O–H groups in total. The fraction of sp³-hybridized carbons (Fsp3) is 0.484. The van der Waals surface area contributed by atoms with Crippen LogP contribution in [0.1, 0.15) is 77.5 Å². The van der Waals surface area contributed by atoms with Crippen LogP contribution in [0.4, 0.5) is 5.69 Å². The van der Waals surface area contributed by atoms with E-state index in [0.717, 1.165) is 40.1 Å². The number of benzene rings is 2. The molecule has 1 atom stereocenters. The van der Waals surface area contributed by atoms with Gasteiger partial charge >= 0.3 is 0 Å². The lowest BCUT2D eigenvalue weighted by Gasteiger charge is -2.32. The highest BCUT2D eigenvalue weighted by Crippen LogP contribution is 2.36. The van der Waals surface area contributed by atoms with Crippen LogP contribution in [0.2, 0.25) is 0 Å². The maximum absolute atomic E-state index is 13.7. The molecule has 2 amide bonds. The summed E-state index contributed by atoms with van der Waals surface area (Å²) in [4.78, 5) is 28.1. The zero-order valence-electron chi connectivity index (χ0n) is 23.7. The fourth-order valence-electron chi connectivity index (χ4n) is 4.88. The van der Waals surface area contributed by atoms with Gasteiger partial charge in [0.1, 0.15) is 0 Å². The molecule has 2 aromatic rings. The van der Waals surface area contributed by atoms with Gasteiger partial charge in [-0.05, 0) is 48.4 Å². The molecule has 1 unspecified atom stereocenters. The van der Waals surface area contributed by atoms with Crippen LogP contribution < -0.4 is 21.1 Å². The molecule has 7 nitrogen and oxygen atoms in total. The number of nitrogens with one attached hydrogen (secondary N) is 3. The van der Waals surface area contributed by atoms with Crippen molar-refractivity contribution in [2.24, 2.45) is 11.3 Å². The minimum Gasteiger partial charge on any atom is -0.396 e. The summed E-state index contributed by atoms with van der Waals surface area (Å²) < 4.78 is 0. The van der Waals surface area contributed by atoms with Gasteiger partial charge in [-0.3, -0.25) is 9.59 Å². The highest BCUT2D eigenvalue weighted by atomic mass is 16.3. The molecule has 3 rings (SSSR count). The number of aliphatic hydroxyl groups excluding tert-OH is 1. The van der Waals surface area contributed by atoms with Crippen LogP contribution in [-0.4, -0.2) is 36.1 Å². The van der Waals surface area contributed by atoms with E-state index in [-0.39, 0.29) is 31.4 Å². The smallest absolute Gasteiger partial charge is 0.229 e. The number of hydrogen-bond acceptors (Lipinski definition) is 5. The number of aliphatic hydroxyl groups is 1. The lowest BCUT2D eigenvalue weighted by molar-refractivity contribution is -0.130. The van der Waals surface area contributed by atoms with Crippen LogP contribution in [-0.2, 0) is 16.1 Å². The highest BCUT2D eigenvalue weighted by Gasteiger charge is 2.28. The summed E-state index contributed by atoms with van der Waals surface area (Å²) in [5, 5.41) is 12.1. The first-order valence-corrected chi connectivity index (χ1v) is 13.7. The van der Waals surface area contributed by atoms with Crippen molar-refractivity contribution >= 4 is 28.8 Å². The monoisotopic (exact) mass is 520 g/mol. The second-order valence-corrected chi connectivity index (χ2v) is 11.0. The Morgan fingerprint density at radius 3 is 2.37 bits per heavy atom. The SMILES string of the molecule is CCC(NN/C1=C(\C)c2ccccc2CN(C(=O)CCNC(=O)C(C)(C)CCO)c2ccccc21)C(C)C. The molecule has 0 aromatic heterocycles. The van der Waals surface area contributed by atoms with E-state index < -0.39 is 5.41 Å². The summed E-state index contributed by atoms with van der Waals surface area (Å²) in [5.74, 6) is 0.234. The van der Waals surface area contributed by atoms with Crippen LogP contribution in [0.3, 0.4) is 0 Å². The Morgan fingerprint density at radius 1 is 1.05 bits per heavy atom. The first-order chi connectivity index (χ1) is 18.1. The lowest BCUT2D eigenvalue weighted by atomic mass is 9.88. The predicted molar refractivity (Wildman–Crippen MR) is 155 cm³/mol. The quantitative estimate of drug-likeness (QED) is 0.317.